The Hall–Kier alpha value is -1.44. The van der Waals surface area contributed by atoms with Crippen molar-refractivity contribution in [2.24, 2.45) is 5.41 Å². The molecule has 0 bridgehead atoms. The number of hydrogen-bond donors (Lipinski definition) is 2. The van der Waals surface area contributed by atoms with Gasteiger partial charge in [0.25, 0.3) is 10.1 Å². The number of nitrogens with one attached hydrogen (secondary N) is 1. The van der Waals surface area contributed by atoms with Gasteiger partial charge in [0.15, 0.2) is 0 Å². The van der Waals surface area contributed by atoms with Crippen LogP contribution in [0.15, 0.2) is 30.3 Å². The number of amides is 1. The van der Waals surface area contributed by atoms with E-state index in [0.29, 0.717) is 19.6 Å². The number of benzene rings is 1. The maximum absolute atomic E-state index is 11.4. The fraction of sp³-hybridized carbons (Fsp3) is 0.632. The van der Waals surface area contributed by atoms with Crippen LogP contribution in [0.4, 0.5) is 0 Å². The lowest BCUT2D eigenvalue weighted by Gasteiger charge is -2.30. The molecule has 0 aliphatic carbocycles. The Morgan fingerprint density at radius 3 is 2.50 bits per heavy atom. The molecule has 148 valence electrons. The second-order valence-electron chi connectivity index (χ2n) is 7.48. The monoisotopic (exact) mass is 385 g/mol. The summed E-state index contributed by atoms with van der Waals surface area (Å²) < 4.78 is 36.6. The van der Waals surface area contributed by atoms with E-state index in [1.165, 1.54) is 6.92 Å². The van der Waals surface area contributed by atoms with Crippen LogP contribution in [0.25, 0.3) is 0 Å². The van der Waals surface area contributed by atoms with Crippen molar-refractivity contribution in [2.45, 2.75) is 59.1 Å². The van der Waals surface area contributed by atoms with Crippen molar-refractivity contribution < 1.29 is 22.5 Å². The van der Waals surface area contributed by atoms with Crippen LogP contribution in [0.2, 0.25) is 0 Å². The van der Waals surface area contributed by atoms with Crippen LogP contribution in [-0.2, 0) is 26.3 Å². The standard InChI is InChI=1S/C19H31NO5S/c1-16(21)20-18(10-13-26(22,23)24)14-19(2,3)11-7-12-25-15-17-8-5-4-6-9-17/h4-6,8-9,18H,7,10-15H2,1-3H3,(H,20,21)(H,22,23,24). The third-order valence-electron chi connectivity index (χ3n) is 4.18. The van der Waals surface area contributed by atoms with Crippen molar-refractivity contribution in [2.75, 3.05) is 12.4 Å². The molecule has 0 aromatic heterocycles. The molecule has 1 rings (SSSR count). The lowest BCUT2D eigenvalue weighted by Crippen LogP contribution is -2.38. The summed E-state index contributed by atoms with van der Waals surface area (Å²) >= 11 is 0. The van der Waals surface area contributed by atoms with Gasteiger partial charge in [0.2, 0.25) is 5.91 Å². The molecule has 0 saturated heterocycles. The zero-order valence-corrected chi connectivity index (χ0v) is 16.7. The lowest BCUT2D eigenvalue weighted by atomic mass is 9.81. The molecule has 0 aliphatic heterocycles. The Balaban J connectivity index is 2.38. The van der Waals surface area contributed by atoms with E-state index in [9.17, 15) is 13.2 Å². The highest BCUT2D eigenvalue weighted by molar-refractivity contribution is 7.85. The van der Waals surface area contributed by atoms with E-state index in [1.807, 2.05) is 30.3 Å². The highest BCUT2D eigenvalue weighted by atomic mass is 32.2. The molecular formula is C19H31NO5S. The largest absolute Gasteiger partial charge is 0.377 e. The van der Waals surface area contributed by atoms with Crippen molar-refractivity contribution in [3.8, 4) is 0 Å². The predicted molar refractivity (Wildman–Crippen MR) is 102 cm³/mol. The van der Waals surface area contributed by atoms with Crippen LogP contribution < -0.4 is 5.32 Å². The van der Waals surface area contributed by atoms with Gasteiger partial charge in [-0.15, -0.1) is 0 Å². The van der Waals surface area contributed by atoms with Gasteiger partial charge in [0.1, 0.15) is 0 Å². The van der Waals surface area contributed by atoms with Crippen molar-refractivity contribution in [1.29, 1.82) is 0 Å². The summed E-state index contributed by atoms with van der Waals surface area (Å²) in [6, 6.07) is 9.70. The summed E-state index contributed by atoms with van der Waals surface area (Å²) in [4.78, 5) is 11.4. The number of hydrogen-bond acceptors (Lipinski definition) is 4. The average Bonchev–Trinajstić information content (AvgIpc) is 2.52. The molecule has 6 nitrogen and oxygen atoms in total. The van der Waals surface area contributed by atoms with Crippen molar-refractivity contribution >= 4 is 16.0 Å². The van der Waals surface area contributed by atoms with Gasteiger partial charge < -0.3 is 10.1 Å². The minimum Gasteiger partial charge on any atom is -0.377 e. The fourth-order valence-electron chi connectivity index (χ4n) is 2.99. The predicted octanol–water partition coefficient (Wildman–Crippen LogP) is 3.18. The van der Waals surface area contributed by atoms with Gasteiger partial charge >= 0.3 is 0 Å². The summed E-state index contributed by atoms with van der Waals surface area (Å²) in [5, 5.41) is 2.79. The van der Waals surface area contributed by atoms with E-state index in [4.69, 9.17) is 9.29 Å². The van der Waals surface area contributed by atoms with Gasteiger partial charge in [-0.1, -0.05) is 44.2 Å². The lowest BCUT2D eigenvalue weighted by molar-refractivity contribution is -0.119. The van der Waals surface area contributed by atoms with E-state index >= 15 is 0 Å². The second kappa shape index (κ2) is 10.6. The molecule has 0 radical (unpaired) electrons. The summed E-state index contributed by atoms with van der Waals surface area (Å²) in [7, 11) is -4.03. The first-order chi connectivity index (χ1) is 12.1. The molecule has 0 saturated carbocycles. The van der Waals surface area contributed by atoms with Crippen LogP contribution in [0.1, 0.15) is 52.0 Å². The Morgan fingerprint density at radius 2 is 1.92 bits per heavy atom. The molecule has 2 N–H and O–H groups in total. The second-order valence-corrected chi connectivity index (χ2v) is 9.05. The van der Waals surface area contributed by atoms with Crippen molar-refractivity contribution in [1.82, 2.24) is 5.32 Å². The molecule has 0 heterocycles. The van der Waals surface area contributed by atoms with Gasteiger partial charge in [-0.05, 0) is 36.7 Å². The SMILES string of the molecule is CC(=O)NC(CCS(=O)(=O)O)CC(C)(C)CCCOCc1ccccc1. The van der Waals surface area contributed by atoms with Crippen LogP contribution in [0.5, 0.6) is 0 Å². The average molecular weight is 386 g/mol. The molecular weight excluding hydrogens is 354 g/mol. The highest BCUT2D eigenvalue weighted by Gasteiger charge is 2.24. The minimum atomic E-state index is -4.03. The van der Waals surface area contributed by atoms with Crippen LogP contribution in [-0.4, -0.2) is 37.3 Å². The summed E-state index contributed by atoms with van der Waals surface area (Å²) in [5.41, 5.74) is 1.06. The molecule has 1 atom stereocenters. The summed E-state index contributed by atoms with van der Waals surface area (Å²) in [6.45, 7) is 6.82. The molecule has 1 unspecified atom stereocenters. The van der Waals surface area contributed by atoms with Gasteiger partial charge in [-0.3, -0.25) is 9.35 Å². The molecule has 1 amide bonds. The van der Waals surface area contributed by atoms with Crippen LogP contribution >= 0.6 is 0 Å². The first kappa shape index (κ1) is 22.6. The fourth-order valence-corrected chi connectivity index (χ4v) is 3.57. The normalized spacial score (nSPS) is 13.4. The van der Waals surface area contributed by atoms with E-state index in [2.05, 4.69) is 19.2 Å². The van der Waals surface area contributed by atoms with Gasteiger partial charge in [-0.25, -0.2) is 0 Å². The smallest absolute Gasteiger partial charge is 0.264 e. The quantitative estimate of drug-likeness (QED) is 0.426. The Labute approximate surface area is 157 Å². The van der Waals surface area contributed by atoms with Crippen LogP contribution in [0, 0.1) is 5.41 Å². The summed E-state index contributed by atoms with van der Waals surface area (Å²) in [6.07, 6.45) is 2.61. The molecule has 1 aromatic carbocycles. The Bertz CT molecular complexity index is 643. The first-order valence-electron chi connectivity index (χ1n) is 8.91. The number of rotatable bonds is 12. The van der Waals surface area contributed by atoms with E-state index in [0.717, 1.165) is 18.4 Å². The number of carbonyl (C=O) groups is 1. The number of carbonyl (C=O) groups excluding carboxylic acids is 1. The third kappa shape index (κ3) is 11.2. The molecule has 0 fully saturated rings. The van der Waals surface area contributed by atoms with Crippen molar-refractivity contribution in [3.05, 3.63) is 35.9 Å². The maximum Gasteiger partial charge on any atom is 0.264 e. The van der Waals surface area contributed by atoms with Gasteiger partial charge in [-0.2, -0.15) is 8.42 Å². The highest BCUT2D eigenvalue weighted by Crippen LogP contribution is 2.29. The zero-order chi connectivity index (χ0) is 19.6. The van der Waals surface area contributed by atoms with Gasteiger partial charge in [0.05, 0.1) is 12.4 Å². The van der Waals surface area contributed by atoms with Crippen LogP contribution in [0.3, 0.4) is 0 Å². The van der Waals surface area contributed by atoms with E-state index in [-0.39, 0.29) is 29.5 Å². The molecule has 26 heavy (non-hydrogen) atoms. The van der Waals surface area contributed by atoms with Crippen molar-refractivity contribution in [3.63, 3.8) is 0 Å². The molecule has 7 heteroatoms. The van der Waals surface area contributed by atoms with Gasteiger partial charge in [0, 0.05) is 19.6 Å². The first-order valence-corrected chi connectivity index (χ1v) is 10.5. The molecule has 0 aliphatic rings. The molecule has 1 aromatic rings. The summed E-state index contributed by atoms with van der Waals surface area (Å²) in [5.74, 6) is -0.555. The Kier molecular flexibility index (Phi) is 9.25. The van der Waals surface area contributed by atoms with E-state index in [1.54, 1.807) is 0 Å². The molecule has 0 spiro atoms. The number of ether oxygens (including phenoxy) is 1. The Morgan fingerprint density at radius 1 is 1.27 bits per heavy atom. The van der Waals surface area contributed by atoms with E-state index < -0.39 is 10.1 Å². The maximum atomic E-state index is 11.4. The zero-order valence-electron chi connectivity index (χ0n) is 15.9. The minimum absolute atomic E-state index is 0.0809. The topological polar surface area (TPSA) is 92.7 Å². The third-order valence-corrected chi connectivity index (χ3v) is 4.94.